The van der Waals surface area contributed by atoms with Crippen LogP contribution in [0.5, 0.6) is 0 Å². The van der Waals surface area contributed by atoms with Gasteiger partial charge in [0.05, 0.1) is 0 Å². The number of ether oxygens (including phenoxy) is 2. The topological polar surface area (TPSA) is 76.2 Å². The van der Waals surface area contributed by atoms with Gasteiger partial charge in [0.15, 0.2) is 5.54 Å². The Morgan fingerprint density at radius 2 is 1.62 bits per heavy atom. The summed E-state index contributed by atoms with van der Waals surface area (Å²) in [6, 6.07) is 7.20. The minimum absolute atomic E-state index is 0.0488. The fraction of sp³-hybridized carbons (Fsp3) is 0.316. The summed E-state index contributed by atoms with van der Waals surface area (Å²) in [4.78, 5) is 37.7. The predicted octanol–water partition coefficient (Wildman–Crippen LogP) is 3.30. The van der Waals surface area contributed by atoms with Crippen molar-refractivity contribution < 1.29 is 23.9 Å². The van der Waals surface area contributed by atoms with Gasteiger partial charge in [-0.1, -0.05) is 62.1 Å². The van der Waals surface area contributed by atoms with Crippen molar-refractivity contribution in [1.29, 1.82) is 0 Å². The maximum Gasteiger partial charge on any atom is 0.436 e. The lowest BCUT2D eigenvalue weighted by Crippen LogP contribution is -2.77. The van der Waals surface area contributed by atoms with E-state index in [0.29, 0.717) is 10.6 Å². The molecule has 0 N–H and O–H groups in total. The van der Waals surface area contributed by atoms with Crippen LogP contribution in [0.3, 0.4) is 0 Å². The highest BCUT2D eigenvalue weighted by molar-refractivity contribution is 6.06. The van der Waals surface area contributed by atoms with Crippen molar-refractivity contribution in [2.45, 2.75) is 25.8 Å². The van der Waals surface area contributed by atoms with Crippen molar-refractivity contribution in [3.05, 3.63) is 60.7 Å². The first-order valence-electron chi connectivity index (χ1n) is 8.21. The molecule has 0 radical (unpaired) electrons. The van der Waals surface area contributed by atoms with Crippen molar-refractivity contribution in [2.75, 3.05) is 13.2 Å². The summed E-state index contributed by atoms with van der Waals surface area (Å²) in [6.45, 7) is 10.5. The van der Waals surface area contributed by atoms with Crippen LogP contribution in [0.25, 0.3) is 0 Å². The van der Waals surface area contributed by atoms with Gasteiger partial charge in [0, 0.05) is 0 Å². The SMILES string of the molecule is C=CCOC(=O)N1C(=O)[C@@](CC)(c2ccc(C)cc2)N1C(=O)OCC=C. The molecule has 138 valence electrons. The number of rotatable bonds is 6. The van der Waals surface area contributed by atoms with Gasteiger partial charge in [0.1, 0.15) is 13.2 Å². The summed E-state index contributed by atoms with van der Waals surface area (Å²) in [5, 5.41) is 1.67. The van der Waals surface area contributed by atoms with Gasteiger partial charge in [-0.2, -0.15) is 5.01 Å². The van der Waals surface area contributed by atoms with Gasteiger partial charge in [-0.3, -0.25) is 4.79 Å². The highest BCUT2D eigenvalue weighted by atomic mass is 16.6. The Bertz CT molecular complexity index is 728. The highest BCUT2D eigenvalue weighted by Gasteiger charge is 2.65. The number of aryl methyl sites for hydroxylation is 1. The third kappa shape index (κ3) is 3.08. The Morgan fingerprint density at radius 3 is 2.12 bits per heavy atom. The second-order valence-electron chi connectivity index (χ2n) is 5.74. The molecule has 0 unspecified atom stereocenters. The van der Waals surface area contributed by atoms with Crippen LogP contribution in [0.1, 0.15) is 24.5 Å². The zero-order valence-corrected chi connectivity index (χ0v) is 14.9. The molecule has 1 heterocycles. The first-order valence-corrected chi connectivity index (χ1v) is 8.21. The molecule has 0 bridgehead atoms. The molecule has 1 aromatic rings. The van der Waals surface area contributed by atoms with Crippen molar-refractivity contribution in [3.8, 4) is 0 Å². The van der Waals surface area contributed by atoms with Crippen LogP contribution < -0.4 is 0 Å². The molecule has 1 atom stereocenters. The lowest BCUT2D eigenvalue weighted by atomic mass is 9.81. The Morgan fingerprint density at radius 1 is 1.08 bits per heavy atom. The summed E-state index contributed by atoms with van der Waals surface area (Å²) < 4.78 is 10.00. The number of nitrogens with zero attached hydrogens (tertiary/aromatic N) is 2. The number of hydrogen-bond donors (Lipinski definition) is 0. The van der Waals surface area contributed by atoms with Crippen molar-refractivity contribution in [3.63, 3.8) is 0 Å². The molecule has 0 aromatic heterocycles. The third-order valence-electron chi connectivity index (χ3n) is 4.14. The molecular weight excluding hydrogens is 336 g/mol. The number of hydrazine groups is 1. The van der Waals surface area contributed by atoms with Crippen LogP contribution in [0.15, 0.2) is 49.6 Å². The number of imide groups is 1. The van der Waals surface area contributed by atoms with Gasteiger partial charge >= 0.3 is 12.2 Å². The zero-order chi connectivity index (χ0) is 19.3. The molecule has 1 aliphatic heterocycles. The summed E-state index contributed by atoms with van der Waals surface area (Å²) in [7, 11) is 0. The Balaban J connectivity index is 2.44. The van der Waals surface area contributed by atoms with E-state index in [1.165, 1.54) is 12.2 Å². The van der Waals surface area contributed by atoms with Crippen molar-refractivity contribution in [2.24, 2.45) is 0 Å². The van der Waals surface area contributed by atoms with E-state index in [2.05, 4.69) is 13.2 Å². The molecule has 3 amide bonds. The van der Waals surface area contributed by atoms with E-state index in [9.17, 15) is 14.4 Å². The first-order chi connectivity index (χ1) is 12.4. The second kappa shape index (κ2) is 7.86. The summed E-state index contributed by atoms with van der Waals surface area (Å²) in [5.41, 5.74) is 0.285. The lowest BCUT2D eigenvalue weighted by Gasteiger charge is -2.54. The molecule has 0 saturated carbocycles. The lowest BCUT2D eigenvalue weighted by molar-refractivity contribution is -0.202. The minimum atomic E-state index is -1.32. The molecule has 1 saturated heterocycles. The van der Waals surface area contributed by atoms with Crippen LogP contribution in [-0.2, 0) is 19.8 Å². The minimum Gasteiger partial charge on any atom is -0.444 e. The van der Waals surface area contributed by atoms with Gasteiger partial charge in [-0.25, -0.2) is 9.59 Å². The maximum absolute atomic E-state index is 12.9. The normalized spacial score (nSPS) is 18.8. The molecule has 26 heavy (non-hydrogen) atoms. The number of hydrogen-bond acceptors (Lipinski definition) is 5. The monoisotopic (exact) mass is 358 g/mol. The van der Waals surface area contributed by atoms with E-state index in [0.717, 1.165) is 10.6 Å². The van der Waals surface area contributed by atoms with E-state index in [-0.39, 0.29) is 19.6 Å². The van der Waals surface area contributed by atoms with E-state index in [1.54, 1.807) is 19.1 Å². The Hall–Kier alpha value is -3.09. The second-order valence-corrected chi connectivity index (χ2v) is 5.74. The van der Waals surface area contributed by atoms with Crippen LogP contribution in [-0.4, -0.2) is 41.3 Å². The van der Waals surface area contributed by atoms with Gasteiger partial charge < -0.3 is 9.47 Å². The van der Waals surface area contributed by atoms with E-state index in [1.807, 2.05) is 19.1 Å². The quantitative estimate of drug-likeness (QED) is 0.729. The number of carbonyl (C=O) groups excluding carboxylic acids is 3. The van der Waals surface area contributed by atoms with Crippen LogP contribution in [0.2, 0.25) is 0 Å². The largest absolute Gasteiger partial charge is 0.444 e. The fourth-order valence-electron chi connectivity index (χ4n) is 2.85. The van der Waals surface area contributed by atoms with Gasteiger partial charge in [0.25, 0.3) is 5.91 Å². The highest BCUT2D eigenvalue weighted by Crippen LogP contribution is 2.44. The fourth-order valence-corrected chi connectivity index (χ4v) is 2.85. The smallest absolute Gasteiger partial charge is 0.436 e. The molecule has 2 rings (SSSR count). The van der Waals surface area contributed by atoms with E-state index in [4.69, 9.17) is 9.47 Å². The van der Waals surface area contributed by atoms with E-state index >= 15 is 0 Å². The molecule has 7 nitrogen and oxygen atoms in total. The average Bonchev–Trinajstić information content (AvgIpc) is 2.64. The van der Waals surface area contributed by atoms with Gasteiger partial charge in [0.2, 0.25) is 0 Å². The zero-order valence-electron chi connectivity index (χ0n) is 14.9. The summed E-state index contributed by atoms with van der Waals surface area (Å²) in [6.07, 6.45) is 1.25. The van der Waals surface area contributed by atoms with E-state index < -0.39 is 23.6 Å². The van der Waals surface area contributed by atoms with Gasteiger partial charge in [-0.05, 0) is 18.9 Å². The first kappa shape index (κ1) is 19.2. The summed E-state index contributed by atoms with van der Waals surface area (Å²) in [5.74, 6) is -0.548. The van der Waals surface area contributed by atoms with Crippen LogP contribution in [0.4, 0.5) is 9.59 Å². The Labute approximate surface area is 152 Å². The standard InChI is InChI=1S/C19H22N2O5/c1-5-12-25-17(23)20-16(22)19(7-3,15-10-8-14(4)9-11-15)21(20)18(24)26-13-6-2/h5-6,8-11H,1-2,7,12-13H2,3-4H3/t19-/m1/s1. The van der Waals surface area contributed by atoms with Crippen LogP contribution >= 0.6 is 0 Å². The van der Waals surface area contributed by atoms with Crippen molar-refractivity contribution >= 4 is 18.1 Å². The van der Waals surface area contributed by atoms with Crippen LogP contribution in [0, 0.1) is 6.92 Å². The third-order valence-corrected chi connectivity index (χ3v) is 4.14. The molecule has 1 aliphatic rings. The molecule has 1 fully saturated rings. The number of carbonyl (C=O) groups is 3. The van der Waals surface area contributed by atoms with Gasteiger partial charge in [-0.15, -0.1) is 5.01 Å². The maximum atomic E-state index is 12.9. The molecule has 7 heteroatoms. The molecule has 1 aromatic carbocycles. The van der Waals surface area contributed by atoms with Crippen molar-refractivity contribution in [1.82, 2.24) is 10.0 Å². The molecule has 0 spiro atoms. The summed E-state index contributed by atoms with van der Waals surface area (Å²) >= 11 is 0. The molecular formula is C19H22N2O5. The average molecular weight is 358 g/mol. The predicted molar refractivity (Wildman–Crippen MR) is 94.9 cm³/mol. The number of amides is 3. The number of benzene rings is 1. The Kier molecular flexibility index (Phi) is 5.82. The molecule has 0 aliphatic carbocycles.